The minimum absolute atomic E-state index is 0.0438. The molecule has 0 unspecified atom stereocenters. The van der Waals surface area contributed by atoms with E-state index in [0.717, 1.165) is 39.1 Å². The van der Waals surface area contributed by atoms with Crippen LogP contribution in [0.25, 0.3) is 0 Å². The summed E-state index contributed by atoms with van der Waals surface area (Å²) < 4.78 is 0. The van der Waals surface area contributed by atoms with Crippen LogP contribution in [0.3, 0.4) is 0 Å². The van der Waals surface area contributed by atoms with Crippen LogP contribution in [0, 0.1) is 0 Å². The summed E-state index contributed by atoms with van der Waals surface area (Å²) in [4.78, 5) is 12.7. The quantitative estimate of drug-likeness (QED) is 0.255. The lowest BCUT2D eigenvalue weighted by Gasteiger charge is -2.28. The summed E-state index contributed by atoms with van der Waals surface area (Å²) in [5, 5.41) is 28.1. The van der Waals surface area contributed by atoms with Gasteiger partial charge in [0.15, 0.2) is 0 Å². The zero-order valence-corrected chi connectivity index (χ0v) is 27.1. The molecular formula is C35H54N2O3. The molecule has 1 amide bonds. The first kappa shape index (κ1) is 33.3. The van der Waals surface area contributed by atoms with Crippen molar-refractivity contribution in [3.05, 3.63) is 69.9 Å². The zero-order chi connectivity index (χ0) is 30.8. The molecule has 0 fully saturated rings. The average Bonchev–Trinajstić information content (AvgIpc) is 2.76. The first-order chi connectivity index (χ1) is 18.0. The monoisotopic (exact) mass is 550 g/mol. The number of carbonyl (C=O) groups is 1. The maximum absolute atomic E-state index is 12.7. The van der Waals surface area contributed by atoms with Gasteiger partial charge in [-0.1, -0.05) is 114 Å². The largest absolute Gasteiger partial charge is 0.507 e. The molecule has 0 aliphatic carbocycles. The van der Waals surface area contributed by atoms with Crippen LogP contribution in [-0.4, -0.2) is 22.8 Å². The molecule has 0 saturated carbocycles. The van der Waals surface area contributed by atoms with Crippen LogP contribution >= 0.6 is 0 Å². The van der Waals surface area contributed by atoms with Crippen molar-refractivity contribution >= 4 is 5.91 Å². The Hall–Kier alpha value is -2.95. The van der Waals surface area contributed by atoms with Crippen LogP contribution in [-0.2, 0) is 39.3 Å². The molecule has 2 rings (SSSR count). The Morgan fingerprint density at radius 1 is 0.650 bits per heavy atom. The van der Waals surface area contributed by atoms with E-state index in [1.165, 1.54) is 0 Å². The van der Waals surface area contributed by atoms with Crippen molar-refractivity contribution in [3.63, 3.8) is 0 Å². The third-order valence-corrected chi connectivity index (χ3v) is 7.25. The summed E-state index contributed by atoms with van der Waals surface area (Å²) in [6, 6.07) is 8.19. The summed E-state index contributed by atoms with van der Waals surface area (Å²) in [6.07, 6.45) is 1.55. The summed E-state index contributed by atoms with van der Waals surface area (Å²) in [5.41, 5.74) is 5.81. The molecule has 5 nitrogen and oxygen atoms in total. The second-order valence-electron chi connectivity index (χ2n) is 15.3. The maximum Gasteiger partial charge on any atom is 0.221 e. The Morgan fingerprint density at radius 3 is 1.35 bits per heavy atom. The zero-order valence-electron chi connectivity index (χ0n) is 27.1. The van der Waals surface area contributed by atoms with Gasteiger partial charge in [-0.3, -0.25) is 4.79 Å². The van der Waals surface area contributed by atoms with Crippen molar-refractivity contribution in [2.45, 2.75) is 124 Å². The molecule has 0 aliphatic rings. The summed E-state index contributed by atoms with van der Waals surface area (Å²) in [7, 11) is 0. The lowest BCUT2D eigenvalue weighted by atomic mass is 9.78. The third-order valence-electron chi connectivity index (χ3n) is 7.25. The number of aryl methyl sites for hydroxylation is 1. The second-order valence-corrected chi connectivity index (χ2v) is 15.3. The molecule has 4 N–H and O–H groups in total. The molecule has 0 aliphatic heterocycles. The fourth-order valence-corrected chi connectivity index (χ4v) is 4.84. The van der Waals surface area contributed by atoms with Crippen molar-refractivity contribution in [2.75, 3.05) is 6.67 Å². The van der Waals surface area contributed by atoms with Gasteiger partial charge in [-0.15, -0.1) is 0 Å². The van der Waals surface area contributed by atoms with Crippen LogP contribution in [0.5, 0.6) is 11.5 Å². The molecule has 40 heavy (non-hydrogen) atoms. The summed E-state index contributed by atoms with van der Waals surface area (Å²) >= 11 is 0. The summed E-state index contributed by atoms with van der Waals surface area (Å²) in [5.74, 6) is 0.680. The number of hydrogen-bond donors (Lipinski definition) is 4. The molecule has 0 saturated heterocycles. The first-order valence-corrected chi connectivity index (χ1v) is 14.4. The minimum Gasteiger partial charge on any atom is -0.507 e. The number of rotatable bonds is 8. The van der Waals surface area contributed by atoms with Crippen molar-refractivity contribution in [2.24, 2.45) is 0 Å². The molecular weight excluding hydrogens is 496 g/mol. The normalized spacial score (nSPS) is 12.8. The van der Waals surface area contributed by atoms with E-state index in [2.05, 4.69) is 112 Å². The topological polar surface area (TPSA) is 81.6 Å². The standard InChI is InChI=1S/C35H54N2O3/c1-22(16-24-19-27(34(8,9)10)31(40)28(20-24)35(11,12)13)36-21-37-29(38)15-14-23-17-25(32(2,3)4)30(39)26(18-23)33(5,6)7/h17-20,36,39-40H,1,14-16,21H2,2-13H3,(H,37,38). The van der Waals surface area contributed by atoms with Crippen LogP contribution < -0.4 is 10.6 Å². The van der Waals surface area contributed by atoms with Crippen LogP contribution in [0.1, 0.15) is 123 Å². The van der Waals surface area contributed by atoms with E-state index >= 15 is 0 Å². The first-order valence-electron chi connectivity index (χ1n) is 14.4. The van der Waals surface area contributed by atoms with Gasteiger partial charge in [-0.05, 0) is 61.5 Å². The van der Waals surface area contributed by atoms with E-state index in [-0.39, 0.29) is 27.6 Å². The Kier molecular flexibility index (Phi) is 9.88. The lowest BCUT2D eigenvalue weighted by molar-refractivity contribution is -0.121. The molecule has 0 atom stereocenters. The van der Waals surface area contributed by atoms with Gasteiger partial charge in [0.1, 0.15) is 11.5 Å². The molecule has 0 heterocycles. The number of hydrogen-bond acceptors (Lipinski definition) is 4. The second kappa shape index (κ2) is 11.9. The minimum atomic E-state index is -0.203. The highest BCUT2D eigenvalue weighted by Crippen LogP contribution is 2.41. The van der Waals surface area contributed by atoms with E-state index in [9.17, 15) is 15.0 Å². The van der Waals surface area contributed by atoms with Crippen LogP contribution in [0.15, 0.2) is 36.5 Å². The Morgan fingerprint density at radius 2 is 1.00 bits per heavy atom. The van der Waals surface area contributed by atoms with Crippen LogP contribution in [0.2, 0.25) is 0 Å². The fourth-order valence-electron chi connectivity index (χ4n) is 4.84. The number of nitrogens with one attached hydrogen (secondary N) is 2. The van der Waals surface area contributed by atoms with Crippen LogP contribution in [0.4, 0.5) is 0 Å². The molecule has 2 aromatic rings. The van der Waals surface area contributed by atoms with Crippen molar-refractivity contribution in [3.8, 4) is 11.5 Å². The van der Waals surface area contributed by atoms with E-state index in [0.29, 0.717) is 37.4 Å². The highest BCUT2D eigenvalue weighted by atomic mass is 16.3. The molecule has 222 valence electrons. The number of aromatic hydroxyl groups is 2. The maximum atomic E-state index is 12.7. The number of allylic oxidation sites excluding steroid dienone is 1. The predicted molar refractivity (Wildman–Crippen MR) is 168 cm³/mol. The fraction of sp³-hybridized carbons (Fsp3) is 0.571. The third kappa shape index (κ3) is 8.78. The predicted octanol–water partition coefficient (Wildman–Crippen LogP) is 7.64. The van der Waals surface area contributed by atoms with E-state index in [1.54, 1.807) is 0 Å². The van der Waals surface area contributed by atoms with Gasteiger partial charge in [0.2, 0.25) is 5.91 Å². The van der Waals surface area contributed by atoms with Crippen molar-refractivity contribution < 1.29 is 15.0 Å². The van der Waals surface area contributed by atoms with Gasteiger partial charge in [-0.2, -0.15) is 0 Å². The van der Waals surface area contributed by atoms with E-state index in [4.69, 9.17) is 0 Å². The Bertz CT molecular complexity index is 1160. The SMILES string of the molecule is C=C(Cc1cc(C(C)(C)C)c(O)c(C(C)(C)C)c1)NCNC(=O)CCc1cc(C(C)(C)C)c(O)c(C(C)(C)C)c1. The molecule has 5 heteroatoms. The van der Waals surface area contributed by atoms with Gasteiger partial charge >= 0.3 is 0 Å². The highest BCUT2D eigenvalue weighted by molar-refractivity contribution is 5.76. The smallest absolute Gasteiger partial charge is 0.221 e. The van der Waals surface area contributed by atoms with Crippen molar-refractivity contribution in [1.82, 2.24) is 10.6 Å². The molecule has 2 aromatic carbocycles. The average molecular weight is 551 g/mol. The number of amides is 1. The molecule has 0 aromatic heterocycles. The van der Waals surface area contributed by atoms with Gasteiger partial charge in [-0.25, -0.2) is 0 Å². The molecule has 0 bridgehead atoms. The van der Waals surface area contributed by atoms with Gasteiger partial charge in [0.25, 0.3) is 0 Å². The number of phenolic OH excluding ortho intramolecular Hbond substituents is 2. The number of benzene rings is 2. The number of phenols is 2. The molecule has 0 radical (unpaired) electrons. The van der Waals surface area contributed by atoms with Crippen molar-refractivity contribution in [1.29, 1.82) is 0 Å². The van der Waals surface area contributed by atoms with Gasteiger partial charge in [0, 0.05) is 18.5 Å². The Balaban J connectivity index is 2.04. The highest BCUT2D eigenvalue weighted by Gasteiger charge is 2.28. The van der Waals surface area contributed by atoms with Gasteiger partial charge < -0.3 is 20.8 Å². The number of carbonyl (C=O) groups excluding carboxylic acids is 1. The molecule has 0 spiro atoms. The van der Waals surface area contributed by atoms with Gasteiger partial charge in [0.05, 0.1) is 6.67 Å². The lowest BCUT2D eigenvalue weighted by Crippen LogP contribution is -2.33. The van der Waals surface area contributed by atoms with E-state index < -0.39 is 0 Å². The summed E-state index contributed by atoms with van der Waals surface area (Å²) in [6.45, 7) is 29.6. The Labute approximate surface area is 243 Å². The van der Waals surface area contributed by atoms with E-state index in [1.807, 2.05) is 12.1 Å².